The fourth-order valence-corrected chi connectivity index (χ4v) is 2.28. The average Bonchev–Trinajstić information content (AvgIpc) is 2.30. The minimum absolute atomic E-state index is 0.0133. The molecule has 0 aromatic heterocycles. The van der Waals surface area contributed by atoms with Gasteiger partial charge in [0.2, 0.25) is 0 Å². The zero-order valence-electron chi connectivity index (χ0n) is 10.8. The lowest BCUT2D eigenvalue weighted by Crippen LogP contribution is -2.12. The van der Waals surface area contributed by atoms with Gasteiger partial charge in [-0.15, -0.1) is 0 Å². The van der Waals surface area contributed by atoms with Crippen LogP contribution in [0.3, 0.4) is 0 Å². The number of hydrogen-bond donors (Lipinski definition) is 2. The van der Waals surface area contributed by atoms with Gasteiger partial charge in [-0.05, 0) is 55.3 Å². The molecule has 2 aromatic rings. The molecule has 0 spiro atoms. The van der Waals surface area contributed by atoms with E-state index in [2.05, 4.69) is 22.0 Å². The van der Waals surface area contributed by atoms with Gasteiger partial charge >= 0.3 is 0 Å². The number of ether oxygens (including phenoxy) is 1. The summed E-state index contributed by atoms with van der Waals surface area (Å²) < 4.78 is 6.71. The average molecular weight is 319 g/mol. The van der Waals surface area contributed by atoms with Crippen LogP contribution in [0.1, 0.15) is 16.7 Å². The third-order valence-electron chi connectivity index (χ3n) is 2.65. The summed E-state index contributed by atoms with van der Waals surface area (Å²) in [6.07, 6.45) is 0. The topological polar surface area (TPSA) is 59.1 Å². The summed E-state index contributed by atoms with van der Waals surface area (Å²) >= 11 is 3.37. The first-order valence-electron chi connectivity index (χ1n) is 5.86. The smallest absolute Gasteiger partial charge is 0.138 e. The van der Waals surface area contributed by atoms with E-state index >= 15 is 0 Å². The zero-order chi connectivity index (χ0) is 14.0. The van der Waals surface area contributed by atoms with E-state index in [4.69, 9.17) is 15.9 Å². The molecule has 3 nitrogen and oxygen atoms in total. The Kier molecular flexibility index (Phi) is 3.90. The van der Waals surface area contributed by atoms with Crippen LogP contribution in [-0.4, -0.2) is 5.84 Å². The summed E-state index contributed by atoms with van der Waals surface area (Å²) in [4.78, 5) is 0. The number of hydrogen-bond acceptors (Lipinski definition) is 2. The van der Waals surface area contributed by atoms with Crippen LogP contribution in [0.5, 0.6) is 11.5 Å². The highest BCUT2D eigenvalue weighted by Crippen LogP contribution is 2.29. The molecule has 0 radical (unpaired) electrons. The van der Waals surface area contributed by atoms with Crippen LogP contribution >= 0.6 is 15.9 Å². The van der Waals surface area contributed by atoms with Crippen molar-refractivity contribution < 1.29 is 4.74 Å². The molecule has 3 N–H and O–H groups in total. The highest BCUT2D eigenvalue weighted by atomic mass is 79.9. The maximum absolute atomic E-state index is 7.60. The molecule has 98 valence electrons. The van der Waals surface area contributed by atoms with Gasteiger partial charge in [-0.2, -0.15) is 0 Å². The lowest BCUT2D eigenvalue weighted by atomic mass is 10.1. The molecule has 0 aliphatic rings. The molecule has 0 saturated carbocycles. The van der Waals surface area contributed by atoms with Crippen molar-refractivity contribution in [3.8, 4) is 11.5 Å². The Morgan fingerprint density at radius 3 is 2.32 bits per heavy atom. The molecule has 0 atom stereocenters. The van der Waals surface area contributed by atoms with Crippen LogP contribution < -0.4 is 10.5 Å². The molecule has 0 aliphatic carbocycles. The second-order valence-electron chi connectivity index (χ2n) is 4.48. The van der Waals surface area contributed by atoms with Gasteiger partial charge < -0.3 is 10.5 Å². The Morgan fingerprint density at radius 2 is 1.74 bits per heavy atom. The first kappa shape index (κ1) is 13.6. The first-order chi connectivity index (χ1) is 8.95. The van der Waals surface area contributed by atoms with E-state index in [-0.39, 0.29) is 5.84 Å². The summed E-state index contributed by atoms with van der Waals surface area (Å²) in [6, 6.07) is 11.4. The Morgan fingerprint density at radius 1 is 1.11 bits per heavy atom. The summed E-state index contributed by atoms with van der Waals surface area (Å²) in [5, 5.41) is 7.60. The molecule has 19 heavy (non-hydrogen) atoms. The largest absolute Gasteiger partial charge is 0.457 e. The van der Waals surface area contributed by atoms with Crippen molar-refractivity contribution in [1.82, 2.24) is 0 Å². The molecule has 0 fully saturated rings. The summed E-state index contributed by atoms with van der Waals surface area (Å²) in [5.41, 5.74) is 8.43. The van der Waals surface area contributed by atoms with Crippen molar-refractivity contribution in [3.63, 3.8) is 0 Å². The lowest BCUT2D eigenvalue weighted by molar-refractivity contribution is 0.480. The molecule has 0 amide bonds. The molecular formula is C15H15BrN2O. The molecule has 2 rings (SSSR count). The van der Waals surface area contributed by atoms with Gasteiger partial charge in [-0.3, -0.25) is 5.41 Å². The first-order valence-corrected chi connectivity index (χ1v) is 6.65. The summed E-state index contributed by atoms with van der Waals surface area (Å²) in [7, 11) is 0. The Balaban J connectivity index is 2.40. The number of halogens is 1. The number of nitrogens with two attached hydrogens (primary N) is 1. The van der Waals surface area contributed by atoms with Gasteiger partial charge in [0.1, 0.15) is 17.3 Å². The summed E-state index contributed by atoms with van der Waals surface area (Å²) in [5.74, 6) is 1.32. The van der Waals surface area contributed by atoms with Crippen LogP contribution in [0.15, 0.2) is 40.9 Å². The monoisotopic (exact) mass is 318 g/mol. The molecule has 2 aromatic carbocycles. The van der Waals surface area contributed by atoms with E-state index in [0.717, 1.165) is 21.3 Å². The number of aryl methyl sites for hydroxylation is 2. The van der Waals surface area contributed by atoms with Gasteiger partial charge in [-0.25, -0.2) is 0 Å². The number of rotatable bonds is 3. The fourth-order valence-electron chi connectivity index (χ4n) is 1.92. The van der Waals surface area contributed by atoms with E-state index in [1.165, 1.54) is 0 Å². The van der Waals surface area contributed by atoms with Crippen molar-refractivity contribution in [1.29, 1.82) is 5.41 Å². The Bertz CT molecular complexity index is 618. The quantitative estimate of drug-likeness (QED) is 0.660. The van der Waals surface area contributed by atoms with Gasteiger partial charge in [-0.1, -0.05) is 22.0 Å². The third kappa shape index (κ3) is 3.35. The predicted molar refractivity (Wildman–Crippen MR) is 81.1 cm³/mol. The normalized spacial score (nSPS) is 10.3. The van der Waals surface area contributed by atoms with E-state index < -0.39 is 0 Å². The molecule has 0 heterocycles. The van der Waals surface area contributed by atoms with Crippen molar-refractivity contribution in [2.45, 2.75) is 13.8 Å². The van der Waals surface area contributed by atoms with Crippen molar-refractivity contribution >= 4 is 21.8 Å². The van der Waals surface area contributed by atoms with Crippen molar-refractivity contribution in [2.75, 3.05) is 0 Å². The van der Waals surface area contributed by atoms with Crippen molar-refractivity contribution in [3.05, 3.63) is 57.6 Å². The van der Waals surface area contributed by atoms with Gasteiger partial charge in [0, 0.05) is 4.47 Å². The van der Waals surface area contributed by atoms with Gasteiger partial charge in [0.05, 0.1) is 5.56 Å². The summed E-state index contributed by atoms with van der Waals surface area (Å²) in [6.45, 7) is 4.04. The molecular weight excluding hydrogens is 304 g/mol. The predicted octanol–water partition coefficient (Wildman–Crippen LogP) is 4.14. The van der Waals surface area contributed by atoms with Crippen LogP contribution in [0, 0.1) is 19.3 Å². The van der Waals surface area contributed by atoms with Crippen molar-refractivity contribution in [2.24, 2.45) is 5.73 Å². The maximum atomic E-state index is 7.60. The zero-order valence-corrected chi connectivity index (χ0v) is 12.4. The number of benzene rings is 2. The van der Waals surface area contributed by atoms with E-state index in [1.807, 2.05) is 32.0 Å². The molecule has 0 bridgehead atoms. The SMILES string of the molecule is Cc1cc(C)cc(Oc2ccc(Br)cc2C(=N)N)c1. The molecule has 4 heteroatoms. The Labute approximate surface area is 121 Å². The molecule has 0 saturated heterocycles. The van der Waals surface area contributed by atoms with Crippen LogP contribution in [-0.2, 0) is 0 Å². The second kappa shape index (κ2) is 5.45. The van der Waals surface area contributed by atoms with Gasteiger partial charge in [0.25, 0.3) is 0 Å². The standard InChI is InChI=1S/C15H15BrN2O/c1-9-5-10(2)7-12(6-9)19-14-4-3-11(16)8-13(14)15(17)18/h3-8H,1-2H3,(H3,17,18). The second-order valence-corrected chi connectivity index (χ2v) is 5.40. The van der Waals surface area contributed by atoms with E-state index in [9.17, 15) is 0 Å². The Hall–Kier alpha value is -1.81. The minimum Gasteiger partial charge on any atom is -0.457 e. The fraction of sp³-hybridized carbons (Fsp3) is 0.133. The minimum atomic E-state index is -0.0133. The lowest BCUT2D eigenvalue weighted by Gasteiger charge is -2.12. The maximum Gasteiger partial charge on any atom is 0.138 e. The van der Waals surface area contributed by atoms with Gasteiger partial charge in [0.15, 0.2) is 0 Å². The van der Waals surface area contributed by atoms with E-state index in [0.29, 0.717) is 11.3 Å². The number of amidine groups is 1. The van der Waals surface area contributed by atoms with Crippen LogP contribution in [0.25, 0.3) is 0 Å². The molecule has 0 aliphatic heterocycles. The number of nitrogen functional groups attached to an aromatic ring is 1. The highest BCUT2D eigenvalue weighted by Gasteiger charge is 2.09. The molecule has 0 unspecified atom stereocenters. The number of nitrogens with one attached hydrogen (secondary N) is 1. The van der Waals surface area contributed by atoms with E-state index in [1.54, 1.807) is 12.1 Å². The highest BCUT2D eigenvalue weighted by molar-refractivity contribution is 9.10. The van der Waals surface area contributed by atoms with Crippen LogP contribution in [0.2, 0.25) is 0 Å². The third-order valence-corrected chi connectivity index (χ3v) is 3.15. The van der Waals surface area contributed by atoms with Crippen LogP contribution in [0.4, 0.5) is 0 Å².